The van der Waals surface area contributed by atoms with Crippen LogP contribution in [0.4, 0.5) is 0 Å². The van der Waals surface area contributed by atoms with Gasteiger partial charge in [0, 0.05) is 24.7 Å². The molecule has 0 aliphatic rings. The second-order valence-corrected chi connectivity index (χ2v) is 7.03. The van der Waals surface area contributed by atoms with Gasteiger partial charge in [-0.2, -0.15) is 0 Å². The van der Waals surface area contributed by atoms with Gasteiger partial charge < -0.3 is 5.32 Å². The summed E-state index contributed by atoms with van der Waals surface area (Å²) < 4.78 is 23.0. The second kappa shape index (κ2) is 6.83. The predicted octanol–water partition coefficient (Wildman–Crippen LogP) is 2.38. The third-order valence-corrected chi connectivity index (χ3v) is 4.48. The summed E-state index contributed by atoms with van der Waals surface area (Å²) in [4.78, 5) is 4.38. The van der Waals surface area contributed by atoms with Gasteiger partial charge in [0.05, 0.1) is 4.90 Å². The number of hydrogen-bond donors (Lipinski definition) is 1. The Labute approximate surface area is 126 Å². The van der Waals surface area contributed by atoms with Crippen molar-refractivity contribution in [1.82, 2.24) is 10.3 Å². The molecule has 0 spiro atoms. The van der Waals surface area contributed by atoms with Crippen LogP contribution in [0.1, 0.15) is 24.1 Å². The van der Waals surface area contributed by atoms with E-state index in [0.717, 1.165) is 18.5 Å². The molecule has 1 unspecified atom stereocenters. The fraction of sp³-hybridized carbons (Fsp3) is 0.312. The molecule has 0 aliphatic heterocycles. The number of rotatable bonds is 6. The van der Waals surface area contributed by atoms with E-state index >= 15 is 0 Å². The van der Waals surface area contributed by atoms with Crippen LogP contribution in [-0.2, 0) is 16.3 Å². The zero-order chi connectivity index (χ0) is 15.3. The normalized spacial score (nSPS) is 13.0. The van der Waals surface area contributed by atoms with E-state index in [0.29, 0.717) is 4.90 Å². The minimum absolute atomic E-state index is 0.158. The van der Waals surface area contributed by atoms with Crippen LogP contribution in [0, 0.1) is 0 Å². The Kier molecular flexibility index (Phi) is 5.09. The molecule has 1 aromatic heterocycles. The smallest absolute Gasteiger partial charge is 0.175 e. The van der Waals surface area contributed by atoms with Crippen LogP contribution in [-0.4, -0.2) is 26.2 Å². The molecule has 1 aromatic carbocycles. The van der Waals surface area contributed by atoms with Gasteiger partial charge in [-0.1, -0.05) is 19.1 Å². The number of nitrogens with zero attached hydrogens (tertiary/aromatic N) is 1. The van der Waals surface area contributed by atoms with Crippen LogP contribution >= 0.6 is 0 Å². The average Bonchev–Trinajstić information content (AvgIpc) is 2.47. The summed E-state index contributed by atoms with van der Waals surface area (Å²) in [5.41, 5.74) is 2.28. The topological polar surface area (TPSA) is 59.1 Å². The van der Waals surface area contributed by atoms with Crippen molar-refractivity contribution in [2.24, 2.45) is 0 Å². The van der Waals surface area contributed by atoms with Crippen molar-refractivity contribution in [2.75, 3.05) is 12.8 Å². The van der Waals surface area contributed by atoms with Crippen LogP contribution in [0.15, 0.2) is 53.7 Å². The van der Waals surface area contributed by atoms with Gasteiger partial charge in [0.25, 0.3) is 0 Å². The van der Waals surface area contributed by atoms with Crippen LogP contribution < -0.4 is 5.32 Å². The highest BCUT2D eigenvalue weighted by atomic mass is 32.2. The van der Waals surface area contributed by atoms with E-state index in [-0.39, 0.29) is 6.04 Å². The molecule has 21 heavy (non-hydrogen) atoms. The van der Waals surface area contributed by atoms with E-state index in [1.807, 2.05) is 24.3 Å². The van der Waals surface area contributed by atoms with Gasteiger partial charge in [0.2, 0.25) is 0 Å². The molecule has 0 fully saturated rings. The van der Waals surface area contributed by atoms with Gasteiger partial charge >= 0.3 is 0 Å². The predicted molar refractivity (Wildman–Crippen MR) is 83.9 cm³/mol. The fourth-order valence-electron chi connectivity index (χ4n) is 2.26. The molecule has 2 rings (SSSR count). The minimum atomic E-state index is -3.15. The number of hydrogen-bond acceptors (Lipinski definition) is 4. The number of benzene rings is 1. The lowest BCUT2D eigenvalue weighted by molar-refractivity contribution is 0.549. The first-order chi connectivity index (χ1) is 10.0. The summed E-state index contributed by atoms with van der Waals surface area (Å²) in [7, 11) is -3.15. The van der Waals surface area contributed by atoms with Crippen LogP contribution in [0.5, 0.6) is 0 Å². The minimum Gasteiger partial charge on any atom is -0.310 e. The van der Waals surface area contributed by atoms with Gasteiger partial charge in [-0.25, -0.2) is 8.42 Å². The molecule has 5 heteroatoms. The number of aromatic nitrogens is 1. The van der Waals surface area contributed by atoms with Crippen molar-refractivity contribution >= 4 is 9.84 Å². The summed E-state index contributed by atoms with van der Waals surface area (Å²) >= 11 is 0. The largest absolute Gasteiger partial charge is 0.310 e. The van der Waals surface area contributed by atoms with Gasteiger partial charge in [-0.15, -0.1) is 0 Å². The summed E-state index contributed by atoms with van der Waals surface area (Å²) in [6.07, 6.45) is 5.63. The van der Waals surface area contributed by atoms with Crippen LogP contribution in [0.25, 0.3) is 0 Å². The molecule has 0 saturated carbocycles. The molecule has 2 aromatic rings. The highest BCUT2D eigenvalue weighted by molar-refractivity contribution is 7.90. The van der Waals surface area contributed by atoms with E-state index in [4.69, 9.17) is 0 Å². The molecular formula is C16H20N2O2S. The van der Waals surface area contributed by atoms with E-state index < -0.39 is 9.84 Å². The van der Waals surface area contributed by atoms with Crippen molar-refractivity contribution in [3.8, 4) is 0 Å². The highest BCUT2D eigenvalue weighted by Gasteiger charge is 2.13. The number of nitrogens with one attached hydrogen (secondary N) is 1. The van der Waals surface area contributed by atoms with E-state index in [9.17, 15) is 8.42 Å². The molecule has 1 atom stereocenters. The molecule has 0 aliphatic carbocycles. The Balaban J connectivity index is 2.22. The van der Waals surface area contributed by atoms with Crippen molar-refractivity contribution in [2.45, 2.75) is 24.3 Å². The van der Waals surface area contributed by atoms with Crippen molar-refractivity contribution < 1.29 is 8.42 Å². The number of pyridine rings is 1. The monoisotopic (exact) mass is 304 g/mol. The molecule has 0 bridgehead atoms. The van der Waals surface area contributed by atoms with Crippen molar-refractivity contribution in [1.29, 1.82) is 0 Å². The second-order valence-electron chi connectivity index (χ2n) is 5.01. The fourth-order valence-corrected chi connectivity index (χ4v) is 2.89. The number of sulfone groups is 1. The zero-order valence-corrected chi connectivity index (χ0v) is 13.1. The summed E-state index contributed by atoms with van der Waals surface area (Å²) in [5.74, 6) is 0. The van der Waals surface area contributed by atoms with Gasteiger partial charge in [0.15, 0.2) is 9.84 Å². The van der Waals surface area contributed by atoms with Crippen molar-refractivity contribution in [3.05, 3.63) is 59.9 Å². The van der Waals surface area contributed by atoms with Crippen LogP contribution in [0.3, 0.4) is 0 Å². The molecular weight excluding hydrogens is 284 g/mol. The molecule has 1 N–H and O–H groups in total. The molecule has 0 radical (unpaired) electrons. The van der Waals surface area contributed by atoms with Crippen LogP contribution in [0.2, 0.25) is 0 Å². The summed E-state index contributed by atoms with van der Waals surface area (Å²) in [6.45, 7) is 2.91. The first kappa shape index (κ1) is 15.7. The van der Waals surface area contributed by atoms with E-state index in [1.54, 1.807) is 24.5 Å². The summed E-state index contributed by atoms with van der Waals surface area (Å²) in [6, 6.07) is 11.2. The zero-order valence-electron chi connectivity index (χ0n) is 12.3. The Hall–Kier alpha value is -1.72. The Bertz CT molecular complexity index is 667. The number of likely N-dealkylation sites (N-methyl/N-ethyl adjacent to an activating group) is 1. The third kappa shape index (κ3) is 4.37. The molecule has 112 valence electrons. The Morgan fingerprint density at radius 2 is 1.71 bits per heavy atom. The summed E-state index contributed by atoms with van der Waals surface area (Å²) in [5, 5.41) is 3.44. The Morgan fingerprint density at radius 1 is 1.10 bits per heavy atom. The van der Waals surface area contributed by atoms with E-state index in [1.165, 1.54) is 11.8 Å². The molecule has 0 saturated heterocycles. The third-order valence-electron chi connectivity index (χ3n) is 3.35. The van der Waals surface area contributed by atoms with Gasteiger partial charge in [-0.05, 0) is 48.4 Å². The first-order valence-corrected chi connectivity index (χ1v) is 8.82. The lowest BCUT2D eigenvalue weighted by Crippen LogP contribution is -2.23. The molecule has 4 nitrogen and oxygen atoms in total. The van der Waals surface area contributed by atoms with Gasteiger partial charge in [-0.3, -0.25) is 4.98 Å². The maximum absolute atomic E-state index is 11.5. The highest BCUT2D eigenvalue weighted by Crippen LogP contribution is 2.20. The average molecular weight is 304 g/mol. The molecule has 0 amide bonds. The Morgan fingerprint density at radius 3 is 2.24 bits per heavy atom. The van der Waals surface area contributed by atoms with Gasteiger partial charge in [0.1, 0.15) is 0 Å². The lowest BCUT2D eigenvalue weighted by atomic mass is 9.99. The molecule has 1 heterocycles. The quantitative estimate of drug-likeness (QED) is 0.890. The SMILES string of the molecule is CCNC(Cc1ccncc1)c1ccc(S(C)(=O)=O)cc1. The maximum Gasteiger partial charge on any atom is 0.175 e. The standard InChI is InChI=1S/C16H20N2O2S/c1-3-18-16(12-13-8-10-17-11-9-13)14-4-6-15(7-5-14)21(2,19)20/h4-11,16,18H,3,12H2,1-2H3. The maximum atomic E-state index is 11.5. The lowest BCUT2D eigenvalue weighted by Gasteiger charge is -2.18. The van der Waals surface area contributed by atoms with Crippen molar-refractivity contribution in [3.63, 3.8) is 0 Å². The first-order valence-electron chi connectivity index (χ1n) is 6.93. The van der Waals surface area contributed by atoms with E-state index in [2.05, 4.69) is 17.2 Å².